The number of carbonyl (C=O) groups excluding carboxylic acids is 1. The van der Waals surface area contributed by atoms with Crippen molar-refractivity contribution in [1.82, 2.24) is 19.1 Å². The summed E-state index contributed by atoms with van der Waals surface area (Å²) in [5.74, 6) is -0.578. The van der Waals surface area contributed by atoms with Crippen LogP contribution in [-0.2, 0) is 23.6 Å². The monoisotopic (exact) mass is 354 g/mol. The topological polar surface area (TPSA) is 96.1 Å². The molecule has 2 aromatic heterocycles. The molecule has 0 bridgehead atoms. The van der Waals surface area contributed by atoms with Crippen LogP contribution in [0.2, 0.25) is 0 Å². The van der Waals surface area contributed by atoms with E-state index < -0.39 is 17.2 Å². The molecule has 8 nitrogen and oxygen atoms in total. The van der Waals surface area contributed by atoms with Gasteiger partial charge in [-0.1, -0.05) is 0 Å². The fraction of sp³-hybridized carbons (Fsp3) is 0.250. The van der Waals surface area contributed by atoms with Gasteiger partial charge in [0.05, 0.1) is 19.0 Å². The number of nitrogens with zero attached hydrogens (tertiary/aromatic N) is 4. The van der Waals surface area contributed by atoms with Crippen LogP contribution in [0.1, 0.15) is 5.69 Å². The minimum absolute atomic E-state index is 0.0403. The summed E-state index contributed by atoms with van der Waals surface area (Å²) in [4.78, 5) is 43.3. The van der Waals surface area contributed by atoms with Gasteiger partial charge in [-0.05, 0) is 22.0 Å². The summed E-state index contributed by atoms with van der Waals surface area (Å²) in [5.41, 5.74) is -0.533. The second kappa shape index (κ2) is 5.60. The molecule has 2 aromatic rings. The minimum Gasteiger partial charge on any atom is -0.465 e. The highest BCUT2D eigenvalue weighted by molar-refractivity contribution is 9.12. The molecule has 21 heavy (non-hydrogen) atoms. The first-order valence-corrected chi connectivity index (χ1v) is 6.54. The van der Waals surface area contributed by atoms with E-state index in [2.05, 4.69) is 30.6 Å². The maximum atomic E-state index is 12.1. The van der Waals surface area contributed by atoms with Crippen LogP contribution in [0.5, 0.6) is 0 Å². The van der Waals surface area contributed by atoms with Crippen LogP contribution >= 0.6 is 15.9 Å². The van der Waals surface area contributed by atoms with Crippen molar-refractivity contribution in [2.45, 2.75) is 0 Å². The van der Waals surface area contributed by atoms with E-state index in [1.807, 2.05) is 0 Å². The Morgan fingerprint density at radius 1 is 1.33 bits per heavy atom. The molecule has 2 rings (SSSR count). The Balaban J connectivity index is 2.71. The largest absolute Gasteiger partial charge is 0.465 e. The molecule has 9 heteroatoms. The van der Waals surface area contributed by atoms with Crippen molar-refractivity contribution < 1.29 is 9.53 Å². The number of fused-ring (bicyclic) bond motifs is 1. The normalized spacial score (nSPS) is 11.7. The molecule has 0 fully saturated rings. The van der Waals surface area contributed by atoms with Gasteiger partial charge >= 0.3 is 11.7 Å². The lowest BCUT2D eigenvalue weighted by Crippen LogP contribution is -2.37. The number of rotatable bonds is 2. The highest BCUT2D eigenvalue weighted by atomic mass is 79.9. The molecule has 0 unspecified atom stereocenters. The van der Waals surface area contributed by atoms with Crippen molar-refractivity contribution in [3.63, 3.8) is 0 Å². The SMILES string of the molecule is COC(=O)/C(Br)=C/c1cnc2c(n1)c(=O)n(C)c(=O)n2C. The fourth-order valence-corrected chi connectivity index (χ4v) is 2.10. The van der Waals surface area contributed by atoms with E-state index in [0.29, 0.717) is 0 Å². The van der Waals surface area contributed by atoms with Crippen LogP contribution in [0.3, 0.4) is 0 Å². The summed E-state index contributed by atoms with van der Waals surface area (Å²) in [6, 6.07) is 0. The van der Waals surface area contributed by atoms with Gasteiger partial charge in [0.15, 0.2) is 11.2 Å². The van der Waals surface area contributed by atoms with Crippen LogP contribution < -0.4 is 11.2 Å². The standard InChI is InChI=1S/C12H11BrN4O4/c1-16-9-8(10(18)17(2)12(16)20)15-6(5-14-9)4-7(13)11(19)21-3/h4-5H,1-3H3/b7-4-. The third-order valence-electron chi connectivity index (χ3n) is 2.83. The Hall–Kier alpha value is -2.29. The molecular formula is C12H11BrN4O4. The lowest BCUT2D eigenvalue weighted by Gasteiger charge is -2.06. The molecule has 0 aromatic carbocycles. The van der Waals surface area contributed by atoms with Gasteiger partial charge in [0.2, 0.25) is 0 Å². The molecule has 0 aliphatic heterocycles. The first-order chi connectivity index (χ1) is 9.86. The molecular weight excluding hydrogens is 344 g/mol. The van der Waals surface area contributed by atoms with Crippen LogP contribution in [0.4, 0.5) is 0 Å². The Kier molecular flexibility index (Phi) is 4.03. The van der Waals surface area contributed by atoms with Gasteiger partial charge in [-0.25, -0.2) is 19.6 Å². The summed E-state index contributed by atoms with van der Waals surface area (Å²) in [7, 11) is 4.10. The third-order valence-corrected chi connectivity index (χ3v) is 3.38. The number of aromatic nitrogens is 4. The highest BCUT2D eigenvalue weighted by Gasteiger charge is 2.12. The summed E-state index contributed by atoms with van der Waals surface area (Å²) in [5, 5.41) is 0. The Labute approximate surface area is 126 Å². The van der Waals surface area contributed by atoms with E-state index >= 15 is 0 Å². The van der Waals surface area contributed by atoms with E-state index in [1.165, 1.54) is 38.0 Å². The molecule has 0 aliphatic rings. The average Bonchev–Trinajstić information content (AvgIpc) is 2.49. The minimum atomic E-state index is -0.578. The molecule has 0 radical (unpaired) electrons. The van der Waals surface area contributed by atoms with Crippen molar-refractivity contribution >= 4 is 39.1 Å². The smallest absolute Gasteiger partial charge is 0.345 e. The molecule has 110 valence electrons. The van der Waals surface area contributed by atoms with Crippen LogP contribution in [-0.4, -0.2) is 32.2 Å². The number of aryl methyl sites for hydroxylation is 1. The van der Waals surface area contributed by atoms with E-state index in [9.17, 15) is 14.4 Å². The zero-order chi connectivity index (χ0) is 15.7. The van der Waals surface area contributed by atoms with Gasteiger partial charge in [-0.2, -0.15) is 0 Å². The number of ether oxygens (including phenoxy) is 1. The van der Waals surface area contributed by atoms with Crippen molar-refractivity contribution in [3.8, 4) is 0 Å². The number of methoxy groups -OCH3 is 1. The highest BCUT2D eigenvalue weighted by Crippen LogP contribution is 2.12. The van der Waals surface area contributed by atoms with Gasteiger partial charge < -0.3 is 4.74 Å². The van der Waals surface area contributed by atoms with Crippen molar-refractivity contribution in [3.05, 3.63) is 37.2 Å². The number of halogens is 1. The van der Waals surface area contributed by atoms with E-state index in [4.69, 9.17) is 0 Å². The summed E-state index contributed by atoms with van der Waals surface area (Å²) in [6.45, 7) is 0. The average molecular weight is 355 g/mol. The molecule has 0 atom stereocenters. The maximum Gasteiger partial charge on any atom is 0.345 e. The van der Waals surface area contributed by atoms with Gasteiger partial charge in [0.25, 0.3) is 5.56 Å². The predicted octanol–water partition coefficient (Wildman–Crippen LogP) is -0.0640. The molecule has 0 saturated carbocycles. The van der Waals surface area contributed by atoms with Gasteiger partial charge in [-0.3, -0.25) is 13.9 Å². The Morgan fingerprint density at radius 3 is 2.62 bits per heavy atom. The second-order valence-electron chi connectivity index (χ2n) is 4.16. The Morgan fingerprint density at radius 2 is 2.00 bits per heavy atom. The second-order valence-corrected chi connectivity index (χ2v) is 5.01. The van der Waals surface area contributed by atoms with Gasteiger partial charge in [0.1, 0.15) is 4.48 Å². The number of hydrogen-bond acceptors (Lipinski definition) is 6. The summed E-state index contributed by atoms with van der Waals surface area (Å²) in [6.07, 6.45) is 2.73. The molecule has 0 saturated heterocycles. The molecule has 0 amide bonds. The first-order valence-electron chi connectivity index (χ1n) is 5.75. The van der Waals surface area contributed by atoms with E-state index in [1.54, 1.807) is 0 Å². The van der Waals surface area contributed by atoms with Crippen LogP contribution in [0.15, 0.2) is 20.3 Å². The quantitative estimate of drug-likeness (QED) is 0.553. The molecule has 0 aliphatic carbocycles. The molecule has 2 heterocycles. The zero-order valence-electron chi connectivity index (χ0n) is 11.5. The Bertz CT molecular complexity index is 881. The maximum absolute atomic E-state index is 12.1. The molecule has 0 N–H and O–H groups in total. The summed E-state index contributed by atoms with van der Waals surface area (Å²) < 4.78 is 6.85. The number of hydrogen-bond donors (Lipinski definition) is 0. The van der Waals surface area contributed by atoms with Crippen molar-refractivity contribution in [1.29, 1.82) is 0 Å². The third kappa shape index (κ3) is 2.64. The summed E-state index contributed by atoms with van der Waals surface area (Å²) >= 11 is 3.04. The lowest BCUT2D eigenvalue weighted by atomic mass is 10.3. The lowest BCUT2D eigenvalue weighted by molar-refractivity contribution is -0.135. The van der Waals surface area contributed by atoms with E-state index in [-0.39, 0.29) is 21.3 Å². The molecule has 0 spiro atoms. The fourth-order valence-electron chi connectivity index (χ4n) is 1.70. The zero-order valence-corrected chi connectivity index (χ0v) is 13.0. The first kappa shape index (κ1) is 15.1. The number of esters is 1. The van der Waals surface area contributed by atoms with Gasteiger partial charge in [-0.15, -0.1) is 0 Å². The number of carbonyl (C=O) groups is 1. The van der Waals surface area contributed by atoms with Crippen LogP contribution in [0.25, 0.3) is 17.2 Å². The predicted molar refractivity (Wildman–Crippen MR) is 78.9 cm³/mol. The van der Waals surface area contributed by atoms with E-state index in [0.717, 1.165) is 4.57 Å². The van der Waals surface area contributed by atoms with Crippen molar-refractivity contribution in [2.24, 2.45) is 14.1 Å². The van der Waals surface area contributed by atoms with Gasteiger partial charge in [0, 0.05) is 14.1 Å². The van der Waals surface area contributed by atoms with Crippen LogP contribution in [0, 0.1) is 0 Å². The van der Waals surface area contributed by atoms with Crippen molar-refractivity contribution in [2.75, 3.05) is 7.11 Å².